The fourth-order valence-electron chi connectivity index (χ4n) is 1.81. The van der Waals surface area contributed by atoms with E-state index in [1.165, 1.54) is 0 Å². The first-order chi connectivity index (χ1) is 9.28. The highest BCUT2D eigenvalue weighted by Crippen LogP contribution is 2.05. The quantitative estimate of drug-likeness (QED) is 0.859. The van der Waals surface area contributed by atoms with E-state index in [-0.39, 0.29) is 12.5 Å². The zero-order valence-electron chi connectivity index (χ0n) is 10.7. The summed E-state index contributed by atoms with van der Waals surface area (Å²) in [5.74, 6) is 0.000557. The minimum absolute atomic E-state index is 0.000557. The molecule has 2 N–H and O–H groups in total. The Kier molecular flexibility index (Phi) is 4.70. The van der Waals surface area contributed by atoms with Gasteiger partial charge in [-0.25, -0.2) is 0 Å². The third kappa shape index (κ3) is 4.23. The van der Waals surface area contributed by atoms with Crippen LogP contribution in [0.2, 0.25) is 0 Å². The highest BCUT2D eigenvalue weighted by molar-refractivity contribution is 5.78. The van der Waals surface area contributed by atoms with Gasteiger partial charge >= 0.3 is 0 Å². The summed E-state index contributed by atoms with van der Waals surface area (Å²) in [7, 11) is 0. The Labute approximate surface area is 112 Å². The molecule has 0 spiro atoms. The van der Waals surface area contributed by atoms with Gasteiger partial charge in [-0.05, 0) is 16.7 Å². The number of nitrogens with one attached hydrogen (secondary N) is 1. The van der Waals surface area contributed by atoms with E-state index in [0.717, 1.165) is 16.7 Å². The average Bonchev–Trinajstić information content (AvgIpc) is 2.47. The molecule has 2 aromatic carbocycles. The highest BCUT2D eigenvalue weighted by atomic mass is 16.3. The topological polar surface area (TPSA) is 49.3 Å². The van der Waals surface area contributed by atoms with Crippen LogP contribution in [0.5, 0.6) is 0 Å². The molecule has 0 aliphatic heterocycles. The first-order valence-corrected chi connectivity index (χ1v) is 6.27. The van der Waals surface area contributed by atoms with Gasteiger partial charge in [-0.3, -0.25) is 4.79 Å². The molecule has 0 heterocycles. The van der Waals surface area contributed by atoms with Gasteiger partial charge in [0.25, 0.3) is 0 Å². The van der Waals surface area contributed by atoms with Gasteiger partial charge < -0.3 is 10.4 Å². The van der Waals surface area contributed by atoms with E-state index in [0.29, 0.717) is 13.0 Å². The molecular formula is C16H17NO2. The maximum atomic E-state index is 11.8. The predicted octanol–water partition coefficient (Wildman–Crippen LogP) is 2.04. The van der Waals surface area contributed by atoms with Crippen molar-refractivity contribution in [2.75, 3.05) is 0 Å². The fraction of sp³-hybridized carbons (Fsp3) is 0.188. The van der Waals surface area contributed by atoms with Crippen molar-refractivity contribution in [2.24, 2.45) is 0 Å². The number of rotatable bonds is 5. The summed E-state index contributed by atoms with van der Waals surface area (Å²) in [6.07, 6.45) is 0.360. The molecule has 0 fully saturated rings. The van der Waals surface area contributed by atoms with E-state index in [2.05, 4.69) is 5.32 Å². The Bertz CT molecular complexity index is 520. The van der Waals surface area contributed by atoms with Gasteiger partial charge in [0.1, 0.15) is 0 Å². The molecule has 19 heavy (non-hydrogen) atoms. The second kappa shape index (κ2) is 6.71. The van der Waals surface area contributed by atoms with Gasteiger partial charge in [0.05, 0.1) is 13.0 Å². The smallest absolute Gasteiger partial charge is 0.224 e. The summed E-state index contributed by atoms with van der Waals surface area (Å²) < 4.78 is 0. The lowest BCUT2D eigenvalue weighted by atomic mass is 10.1. The maximum Gasteiger partial charge on any atom is 0.224 e. The number of carbonyl (C=O) groups is 1. The SMILES string of the molecule is O=C(Cc1ccc(CO)cc1)NCc1ccccc1. The second-order valence-electron chi connectivity index (χ2n) is 4.41. The Balaban J connectivity index is 1.83. The Morgan fingerprint density at radius 2 is 1.53 bits per heavy atom. The average molecular weight is 255 g/mol. The first kappa shape index (κ1) is 13.3. The lowest BCUT2D eigenvalue weighted by Gasteiger charge is -2.06. The number of hydrogen-bond acceptors (Lipinski definition) is 2. The summed E-state index contributed by atoms with van der Waals surface area (Å²) in [5, 5.41) is 11.8. The number of benzene rings is 2. The zero-order valence-corrected chi connectivity index (χ0v) is 10.7. The lowest BCUT2D eigenvalue weighted by molar-refractivity contribution is -0.120. The Morgan fingerprint density at radius 1 is 0.895 bits per heavy atom. The molecule has 0 unspecified atom stereocenters. The molecule has 0 radical (unpaired) electrons. The van der Waals surface area contributed by atoms with Crippen molar-refractivity contribution in [3.8, 4) is 0 Å². The second-order valence-corrected chi connectivity index (χ2v) is 4.41. The highest BCUT2D eigenvalue weighted by Gasteiger charge is 2.03. The molecule has 0 saturated heterocycles. The standard InChI is InChI=1S/C16H17NO2/c18-12-15-8-6-13(7-9-15)10-16(19)17-11-14-4-2-1-3-5-14/h1-9,18H,10-12H2,(H,17,19). The molecule has 98 valence electrons. The largest absolute Gasteiger partial charge is 0.392 e. The number of carbonyl (C=O) groups excluding carboxylic acids is 1. The molecule has 0 aliphatic rings. The van der Waals surface area contributed by atoms with E-state index in [1.54, 1.807) is 0 Å². The minimum Gasteiger partial charge on any atom is -0.392 e. The number of aliphatic hydroxyl groups excluding tert-OH is 1. The molecule has 2 aromatic rings. The molecular weight excluding hydrogens is 238 g/mol. The normalized spacial score (nSPS) is 10.2. The van der Waals surface area contributed by atoms with Crippen molar-refractivity contribution < 1.29 is 9.90 Å². The van der Waals surface area contributed by atoms with Crippen molar-refractivity contribution in [3.05, 3.63) is 71.3 Å². The third-order valence-electron chi connectivity index (χ3n) is 2.90. The van der Waals surface area contributed by atoms with Crippen LogP contribution in [0.15, 0.2) is 54.6 Å². The van der Waals surface area contributed by atoms with Gasteiger partial charge in [-0.1, -0.05) is 54.6 Å². The number of amides is 1. The van der Waals surface area contributed by atoms with Crippen LogP contribution in [0.3, 0.4) is 0 Å². The van der Waals surface area contributed by atoms with Crippen LogP contribution in [0, 0.1) is 0 Å². The summed E-state index contributed by atoms with van der Waals surface area (Å²) in [6.45, 7) is 0.578. The van der Waals surface area contributed by atoms with E-state index in [9.17, 15) is 4.79 Å². The first-order valence-electron chi connectivity index (χ1n) is 6.27. The van der Waals surface area contributed by atoms with Crippen molar-refractivity contribution in [3.63, 3.8) is 0 Å². The molecule has 3 heteroatoms. The van der Waals surface area contributed by atoms with Crippen LogP contribution in [-0.4, -0.2) is 11.0 Å². The van der Waals surface area contributed by atoms with E-state index in [1.807, 2.05) is 54.6 Å². The fourth-order valence-corrected chi connectivity index (χ4v) is 1.81. The van der Waals surface area contributed by atoms with Gasteiger partial charge in [0.2, 0.25) is 5.91 Å². The van der Waals surface area contributed by atoms with Crippen LogP contribution in [-0.2, 0) is 24.4 Å². The van der Waals surface area contributed by atoms with Crippen LogP contribution in [0.25, 0.3) is 0 Å². The van der Waals surface area contributed by atoms with Crippen LogP contribution < -0.4 is 5.32 Å². The van der Waals surface area contributed by atoms with Gasteiger partial charge in [-0.2, -0.15) is 0 Å². The Morgan fingerprint density at radius 3 is 2.16 bits per heavy atom. The zero-order chi connectivity index (χ0) is 13.5. The van der Waals surface area contributed by atoms with Gasteiger partial charge in [-0.15, -0.1) is 0 Å². The maximum absolute atomic E-state index is 11.8. The summed E-state index contributed by atoms with van der Waals surface area (Å²) in [5.41, 5.74) is 2.89. The van der Waals surface area contributed by atoms with E-state index in [4.69, 9.17) is 5.11 Å². The molecule has 0 aliphatic carbocycles. The van der Waals surface area contributed by atoms with Crippen molar-refractivity contribution in [2.45, 2.75) is 19.6 Å². The van der Waals surface area contributed by atoms with Crippen LogP contribution >= 0.6 is 0 Å². The number of hydrogen-bond donors (Lipinski definition) is 2. The molecule has 0 atom stereocenters. The van der Waals surface area contributed by atoms with Crippen LogP contribution in [0.1, 0.15) is 16.7 Å². The molecule has 3 nitrogen and oxygen atoms in total. The lowest BCUT2D eigenvalue weighted by Crippen LogP contribution is -2.24. The Hall–Kier alpha value is -2.13. The summed E-state index contributed by atoms with van der Waals surface area (Å²) >= 11 is 0. The van der Waals surface area contributed by atoms with E-state index >= 15 is 0 Å². The van der Waals surface area contributed by atoms with E-state index < -0.39 is 0 Å². The minimum atomic E-state index is 0.000557. The number of aliphatic hydroxyl groups is 1. The van der Waals surface area contributed by atoms with Crippen LogP contribution in [0.4, 0.5) is 0 Å². The molecule has 0 saturated carbocycles. The van der Waals surface area contributed by atoms with Crippen molar-refractivity contribution >= 4 is 5.91 Å². The van der Waals surface area contributed by atoms with Crippen molar-refractivity contribution in [1.82, 2.24) is 5.32 Å². The summed E-state index contributed by atoms with van der Waals surface area (Å²) in [4.78, 5) is 11.8. The third-order valence-corrected chi connectivity index (χ3v) is 2.90. The monoisotopic (exact) mass is 255 g/mol. The molecule has 0 aromatic heterocycles. The molecule has 1 amide bonds. The van der Waals surface area contributed by atoms with Gasteiger partial charge in [0, 0.05) is 6.54 Å². The van der Waals surface area contributed by atoms with Gasteiger partial charge in [0.15, 0.2) is 0 Å². The summed E-state index contributed by atoms with van der Waals surface area (Å²) in [6, 6.07) is 17.2. The molecule has 0 bridgehead atoms. The predicted molar refractivity (Wildman–Crippen MR) is 74.4 cm³/mol. The molecule has 2 rings (SSSR count). The van der Waals surface area contributed by atoms with Crippen molar-refractivity contribution in [1.29, 1.82) is 0 Å².